The molecule has 2 rings (SSSR count). The fourth-order valence-corrected chi connectivity index (χ4v) is 5.10. The van der Waals surface area contributed by atoms with E-state index in [2.05, 4.69) is 5.32 Å². The molecule has 0 bridgehead atoms. The molecular weight excluding hydrogens is 521 g/mol. The van der Waals surface area contributed by atoms with Crippen LogP contribution in [0.4, 0.5) is 5.69 Å². The van der Waals surface area contributed by atoms with Crippen molar-refractivity contribution in [3.8, 4) is 0 Å². The Labute approximate surface area is 224 Å². The first-order valence-electron chi connectivity index (χ1n) is 12.0. The number of carbonyl (C=O) groups excluding carboxylic acids is 2. The third-order valence-electron chi connectivity index (χ3n) is 5.83. The van der Waals surface area contributed by atoms with Crippen molar-refractivity contribution in [1.82, 2.24) is 10.2 Å². The van der Waals surface area contributed by atoms with Gasteiger partial charge in [0.15, 0.2) is 0 Å². The molecular formula is C26H35Cl2N3O4S. The van der Waals surface area contributed by atoms with E-state index < -0.39 is 16.1 Å². The average Bonchev–Trinajstić information content (AvgIpc) is 2.81. The zero-order chi connectivity index (χ0) is 26.9. The lowest BCUT2D eigenvalue weighted by molar-refractivity contribution is -0.140. The second-order valence-electron chi connectivity index (χ2n) is 8.85. The van der Waals surface area contributed by atoms with Gasteiger partial charge in [-0.3, -0.25) is 13.9 Å². The molecule has 36 heavy (non-hydrogen) atoms. The number of halogens is 2. The highest BCUT2D eigenvalue weighted by Gasteiger charge is 2.27. The van der Waals surface area contributed by atoms with E-state index in [4.69, 9.17) is 23.2 Å². The summed E-state index contributed by atoms with van der Waals surface area (Å²) < 4.78 is 26.1. The number of rotatable bonds is 13. The zero-order valence-electron chi connectivity index (χ0n) is 21.3. The Kier molecular flexibility index (Phi) is 11.5. The van der Waals surface area contributed by atoms with Crippen molar-refractivity contribution in [1.29, 1.82) is 0 Å². The topological polar surface area (TPSA) is 86.8 Å². The molecule has 0 fully saturated rings. The van der Waals surface area contributed by atoms with Gasteiger partial charge in [-0.15, -0.1) is 0 Å². The molecule has 0 spiro atoms. The maximum atomic E-state index is 13.3. The van der Waals surface area contributed by atoms with Gasteiger partial charge in [-0.25, -0.2) is 8.42 Å². The first kappa shape index (κ1) is 29.9. The molecule has 2 aromatic rings. The fourth-order valence-electron chi connectivity index (χ4n) is 3.67. The summed E-state index contributed by atoms with van der Waals surface area (Å²) in [6, 6.07) is 11.5. The van der Waals surface area contributed by atoms with E-state index in [9.17, 15) is 18.0 Å². The number of hydrogen-bond donors (Lipinski definition) is 1. The van der Waals surface area contributed by atoms with Gasteiger partial charge < -0.3 is 10.2 Å². The minimum atomic E-state index is -3.54. The van der Waals surface area contributed by atoms with Crippen LogP contribution in [0.2, 0.25) is 10.0 Å². The Morgan fingerprint density at radius 2 is 1.72 bits per heavy atom. The van der Waals surface area contributed by atoms with Crippen LogP contribution in [0, 0.1) is 6.92 Å². The van der Waals surface area contributed by atoms with E-state index in [0.29, 0.717) is 27.8 Å². The second-order valence-corrected chi connectivity index (χ2v) is 11.6. The van der Waals surface area contributed by atoms with Crippen LogP contribution in [0.1, 0.15) is 50.7 Å². The summed E-state index contributed by atoms with van der Waals surface area (Å²) >= 11 is 12.4. The molecule has 0 saturated heterocycles. The summed E-state index contributed by atoms with van der Waals surface area (Å²) in [7, 11) is -3.54. The largest absolute Gasteiger partial charge is 0.354 e. The van der Waals surface area contributed by atoms with Crippen molar-refractivity contribution in [3.63, 3.8) is 0 Å². The molecule has 0 unspecified atom stereocenters. The van der Waals surface area contributed by atoms with Crippen LogP contribution in [-0.2, 0) is 26.2 Å². The molecule has 0 saturated carbocycles. The number of hydrogen-bond acceptors (Lipinski definition) is 4. The maximum absolute atomic E-state index is 13.3. The zero-order valence-corrected chi connectivity index (χ0v) is 23.6. The van der Waals surface area contributed by atoms with E-state index in [-0.39, 0.29) is 37.7 Å². The summed E-state index contributed by atoms with van der Waals surface area (Å²) in [6.07, 6.45) is 3.28. The van der Waals surface area contributed by atoms with Gasteiger partial charge in [0, 0.05) is 36.1 Å². The number of sulfonamides is 1. The van der Waals surface area contributed by atoms with Crippen LogP contribution >= 0.6 is 23.2 Å². The van der Waals surface area contributed by atoms with Crippen LogP contribution < -0.4 is 9.62 Å². The summed E-state index contributed by atoms with van der Waals surface area (Å²) in [5.74, 6) is -0.518. The van der Waals surface area contributed by atoms with Crippen molar-refractivity contribution in [2.24, 2.45) is 0 Å². The van der Waals surface area contributed by atoms with E-state index >= 15 is 0 Å². The molecule has 7 nitrogen and oxygen atoms in total. The number of amides is 2. The second kappa shape index (κ2) is 13.9. The first-order valence-corrected chi connectivity index (χ1v) is 14.6. The minimum Gasteiger partial charge on any atom is -0.354 e. The van der Waals surface area contributed by atoms with Crippen molar-refractivity contribution in [2.75, 3.05) is 23.7 Å². The lowest BCUT2D eigenvalue weighted by Crippen LogP contribution is -2.48. The Balaban J connectivity index is 2.17. The van der Waals surface area contributed by atoms with Crippen LogP contribution in [0.15, 0.2) is 42.5 Å². The average molecular weight is 557 g/mol. The molecule has 0 aliphatic carbocycles. The predicted molar refractivity (Wildman–Crippen MR) is 147 cm³/mol. The number of anilines is 1. The molecule has 1 N–H and O–H groups in total. The molecule has 0 radical (unpaired) electrons. The predicted octanol–water partition coefficient (Wildman–Crippen LogP) is 5.18. The lowest BCUT2D eigenvalue weighted by atomic mass is 10.1. The highest BCUT2D eigenvalue weighted by Crippen LogP contribution is 2.24. The van der Waals surface area contributed by atoms with E-state index in [1.54, 1.807) is 37.3 Å². The molecule has 198 valence electrons. The van der Waals surface area contributed by atoms with Crippen molar-refractivity contribution in [3.05, 3.63) is 63.6 Å². The van der Waals surface area contributed by atoms with E-state index in [1.165, 1.54) is 9.21 Å². The standard InChI is InChI=1S/C26H35Cl2N3O4S/c1-5-6-15-29-26(33)20(3)30(18-21-11-12-22(27)17-24(21)28)25(32)8-7-16-31(36(4,34)35)23-13-9-19(2)10-14-23/h9-14,17,20H,5-8,15-16,18H2,1-4H3,(H,29,33)/t20-/m1/s1. The van der Waals surface area contributed by atoms with Gasteiger partial charge in [0.2, 0.25) is 21.8 Å². The number of carbonyl (C=O) groups is 2. The van der Waals surface area contributed by atoms with Crippen LogP contribution in [-0.4, -0.2) is 50.5 Å². The van der Waals surface area contributed by atoms with Gasteiger partial charge in [0.05, 0.1) is 11.9 Å². The number of nitrogens with zero attached hydrogens (tertiary/aromatic N) is 2. The van der Waals surface area contributed by atoms with Crippen LogP contribution in [0.25, 0.3) is 0 Å². The number of unbranched alkanes of at least 4 members (excludes halogenated alkanes) is 1. The van der Waals surface area contributed by atoms with Gasteiger partial charge in [-0.2, -0.15) is 0 Å². The lowest BCUT2D eigenvalue weighted by Gasteiger charge is -2.30. The molecule has 0 heterocycles. The van der Waals surface area contributed by atoms with E-state index in [0.717, 1.165) is 24.7 Å². The molecule has 1 atom stereocenters. The highest BCUT2D eigenvalue weighted by molar-refractivity contribution is 7.92. The third kappa shape index (κ3) is 8.98. The van der Waals surface area contributed by atoms with E-state index in [1.807, 2.05) is 26.0 Å². The summed E-state index contributed by atoms with van der Waals surface area (Å²) in [5, 5.41) is 3.75. The molecule has 2 amide bonds. The molecule has 0 aromatic heterocycles. The quantitative estimate of drug-likeness (QED) is 0.345. The van der Waals surface area contributed by atoms with Crippen molar-refractivity contribution in [2.45, 2.75) is 59.0 Å². The smallest absolute Gasteiger partial charge is 0.242 e. The summed E-state index contributed by atoms with van der Waals surface area (Å²) in [5.41, 5.74) is 2.23. The van der Waals surface area contributed by atoms with Gasteiger partial charge in [-0.05, 0) is 56.5 Å². The van der Waals surface area contributed by atoms with Gasteiger partial charge in [0.1, 0.15) is 6.04 Å². The Morgan fingerprint density at radius 3 is 2.31 bits per heavy atom. The Bertz CT molecular complexity index is 1140. The highest BCUT2D eigenvalue weighted by atomic mass is 35.5. The third-order valence-corrected chi connectivity index (χ3v) is 7.61. The van der Waals surface area contributed by atoms with Gasteiger partial charge in [-0.1, -0.05) is 60.3 Å². The SMILES string of the molecule is CCCCNC(=O)[C@@H](C)N(Cc1ccc(Cl)cc1Cl)C(=O)CCCN(c1ccc(C)cc1)S(C)(=O)=O. The Morgan fingerprint density at radius 1 is 1.06 bits per heavy atom. The van der Waals surface area contributed by atoms with Crippen molar-refractivity contribution >= 4 is 50.7 Å². The van der Waals surface area contributed by atoms with Crippen molar-refractivity contribution < 1.29 is 18.0 Å². The van der Waals surface area contributed by atoms with Gasteiger partial charge in [0.25, 0.3) is 0 Å². The number of aryl methyl sites for hydroxylation is 1. The first-order chi connectivity index (χ1) is 16.9. The molecule has 10 heteroatoms. The Hall–Kier alpha value is -2.29. The molecule has 0 aliphatic rings. The monoisotopic (exact) mass is 555 g/mol. The van der Waals surface area contributed by atoms with Crippen LogP contribution in [0.5, 0.6) is 0 Å². The number of benzene rings is 2. The fraction of sp³-hybridized carbons (Fsp3) is 0.462. The summed E-state index contributed by atoms with van der Waals surface area (Å²) in [4.78, 5) is 27.6. The molecule has 2 aromatic carbocycles. The number of nitrogens with one attached hydrogen (secondary N) is 1. The normalized spacial score (nSPS) is 12.2. The minimum absolute atomic E-state index is 0.0651. The summed E-state index contributed by atoms with van der Waals surface area (Å²) in [6.45, 7) is 6.44. The van der Waals surface area contributed by atoms with Crippen LogP contribution in [0.3, 0.4) is 0 Å². The van der Waals surface area contributed by atoms with Gasteiger partial charge >= 0.3 is 0 Å². The maximum Gasteiger partial charge on any atom is 0.242 e. The molecule has 0 aliphatic heterocycles.